The Balaban J connectivity index is 2.14. The molecule has 2 N–H and O–H groups in total. The van der Waals surface area contributed by atoms with E-state index in [1.807, 2.05) is 4.98 Å². The average Bonchev–Trinajstić information content (AvgIpc) is 2.79. The Morgan fingerprint density at radius 1 is 1.52 bits per heavy atom. The van der Waals surface area contributed by atoms with Crippen LogP contribution >= 0.6 is 0 Å². The van der Waals surface area contributed by atoms with E-state index in [0.29, 0.717) is 0 Å². The number of nitrogens with zero attached hydrogens (tertiary/aromatic N) is 1. The van der Waals surface area contributed by atoms with Crippen LogP contribution in [0.1, 0.15) is 31.1 Å². The first-order valence-corrected chi connectivity index (χ1v) is 6.43. The van der Waals surface area contributed by atoms with Gasteiger partial charge in [0, 0.05) is 12.2 Å². The van der Waals surface area contributed by atoms with Crippen molar-refractivity contribution in [2.45, 2.75) is 50.6 Å². The Bertz CT molecular complexity index is 785. The maximum absolute atomic E-state index is 12.1. The summed E-state index contributed by atoms with van der Waals surface area (Å²) >= 11 is 0. The number of aliphatic hydroxyl groups is 1. The number of hydrogen-bond donors (Lipinski definition) is 2. The number of H-pyrrole nitrogens is 1. The van der Waals surface area contributed by atoms with Gasteiger partial charge in [0.2, 0.25) is 0 Å². The van der Waals surface area contributed by atoms with Crippen LogP contribution in [0.3, 0.4) is 0 Å². The number of aromatic amines is 1. The highest BCUT2D eigenvalue weighted by Crippen LogP contribution is 2.50. The number of rotatable bonds is 2. The zero-order valence-electron chi connectivity index (χ0n) is 14.7. The first kappa shape index (κ1) is 11.1. The van der Waals surface area contributed by atoms with Gasteiger partial charge in [0.25, 0.3) is 5.56 Å². The van der Waals surface area contributed by atoms with Crippen molar-refractivity contribution < 1.29 is 23.4 Å². The van der Waals surface area contributed by atoms with Crippen LogP contribution in [-0.2, 0) is 14.2 Å². The van der Waals surface area contributed by atoms with E-state index in [9.17, 15) is 14.7 Å². The average molecular weight is 301 g/mol. The molecule has 0 amide bonds. The summed E-state index contributed by atoms with van der Waals surface area (Å²) in [7, 11) is 0. The second-order valence-electron chi connectivity index (χ2n) is 5.70. The zero-order valence-corrected chi connectivity index (χ0v) is 11.7. The van der Waals surface area contributed by atoms with E-state index in [2.05, 4.69) is 0 Å². The molecule has 3 rings (SSSR count). The quantitative estimate of drug-likeness (QED) is 0.751. The number of aromatic nitrogens is 2. The summed E-state index contributed by atoms with van der Waals surface area (Å²) in [6.07, 6.45) is -2.66. The smallest absolute Gasteiger partial charge is 0.330 e. The van der Waals surface area contributed by atoms with Crippen LogP contribution in [0.4, 0.5) is 0 Å². The summed E-state index contributed by atoms with van der Waals surface area (Å²) in [5, 5.41) is 9.77. The molecule has 2 aliphatic heterocycles. The van der Waals surface area contributed by atoms with E-state index in [-0.39, 0.29) is 0 Å². The normalized spacial score (nSPS) is 40.4. The molecule has 3 heterocycles. The van der Waals surface area contributed by atoms with Crippen molar-refractivity contribution in [3.63, 3.8) is 0 Å². The molecule has 0 radical (unpaired) electrons. The van der Waals surface area contributed by atoms with Crippen molar-refractivity contribution in [1.82, 2.24) is 9.55 Å². The molecule has 0 spiro atoms. The van der Waals surface area contributed by atoms with Crippen LogP contribution in [0, 0.1) is 0 Å². The SMILES string of the molecule is [2H]c1cn([C@@H]2O[C@H](C([2H])([2H])O)[C@H]3OC(C)(C)O[C@]32C)c(=O)[nH]c1=O. The Morgan fingerprint density at radius 3 is 2.90 bits per heavy atom. The Hall–Kier alpha value is -1.48. The molecule has 0 unspecified atom stereocenters. The summed E-state index contributed by atoms with van der Waals surface area (Å²) in [6.45, 7) is 2.04. The van der Waals surface area contributed by atoms with Crippen LogP contribution in [0.5, 0.6) is 0 Å². The highest BCUT2D eigenvalue weighted by Gasteiger charge is 2.64. The van der Waals surface area contributed by atoms with Gasteiger partial charge in [-0.1, -0.05) is 0 Å². The topological polar surface area (TPSA) is 103 Å². The van der Waals surface area contributed by atoms with Gasteiger partial charge in [0.1, 0.15) is 17.8 Å². The zero-order chi connectivity index (χ0) is 18.1. The maximum atomic E-state index is 12.1. The van der Waals surface area contributed by atoms with Crippen molar-refractivity contribution in [2.75, 3.05) is 6.56 Å². The van der Waals surface area contributed by atoms with Gasteiger partial charge in [-0.2, -0.15) is 0 Å². The van der Waals surface area contributed by atoms with E-state index < -0.39 is 53.7 Å². The van der Waals surface area contributed by atoms with Crippen molar-refractivity contribution in [3.05, 3.63) is 33.1 Å². The molecular formula is C13H18N2O6. The van der Waals surface area contributed by atoms with Crippen LogP contribution in [0.25, 0.3) is 0 Å². The predicted octanol–water partition coefficient (Wildman–Crippen LogP) is -0.664. The van der Waals surface area contributed by atoms with Crippen LogP contribution in [-0.4, -0.2) is 44.8 Å². The van der Waals surface area contributed by atoms with Gasteiger partial charge in [-0.3, -0.25) is 14.3 Å². The van der Waals surface area contributed by atoms with Crippen LogP contribution in [0.15, 0.2) is 21.8 Å². The fourth-order valence-corrected chi connectivity index (χ4v) is 2.93. The fourth-order valence-electron chi connectivity index (χ4n) is 2.93. The first-order chi connectivity index (χ1) is 10.8. The van der Waals surface area contributed by atoms with Gasteiger partial charge >= 0.3 is 5.69 Å². The molecule has 2 fully saturated rings. The third kappa shape index (κ3) is 2.15. The molecule has 0 aromatic carbocycles. The lowest BCUT2D eigenvalue weighted by atomic mass is 9.96. The summed E-state index contributed by atoms with van der Waals surface area (Å²) in [5.74, 6) is -1.10. The van der Waals surface area contributed by atoms with Crippen LogP contribution in [0.2, 0.25) is 0 Å². The molecular weight excluding hydrogens is 280 g/mol. The highest BCUT2D eigenvalue weighted by molar-refractivity contribution is 5.06. The molecule has 116 valence electrons. The monoisotopic (exact) mass is 301 g/mol. The van der Waals surface area contributed by atoms with E-state index in [0.717, 1.165) is 10.8 Å². The molecule has 0 saturated carbocycles. The summed E-state index contributed by atoms with van der Waals surface area (Å²) in [4.78, 5) is 25.5. The van der Waals surface area contributed by atoms with Gasteiger partial charge in [0.15, 0.2) is 12.0 Å². The minimum absolute atomic E-state index is 0.466. The molecule has 4 atom stereocenters. The molecule has 8 heteroatoms. The number of hydrogen-bond acceptors (Lipinski definition) is 6. The van der Waals surface area contributed by atoms with Gasteiger partial charge in [-0.05, 0) is 20.8 Å². The summed E-state index contributed by atoms with van der Waals surface area (Å²) in [6, 6.07) is -0.466. The predicted molar refractivity (Wildman–Crippen MR) is 70.8 cm³/mol. The third-order valence-electron chi connectivity index (χ3n) is 3.65. The van der Waals surface area contributed by atoms with Crippen molar-refractivity contribution >= 4 is 0 Å². The Labute approximate surface area is 124 Å². The number of nitrogens with one attached hydrogen (secondary N) is 1. The van der Waals surface area contributed by atoms with Gasteiger partial charge < -0.3 is 19.3 Å². The molecule has 21 heavy (non-hydrogen) atoms. The third-order valence-corrected chi connectivity index (χ3v) is 3.65. The standard InChI is InChI=1S/C13H18N2O6/c1-12(2)20-9-7(6-16)19-10(13(9,3)21-12)15-5-4-8(17)14-11(15)18/h4-5,7,9-10,16H,6H2,1-3H3,(H,14,17,18)/t7-,9-,10-,13-/m1/s1/i4D,6D2. The van der Waals surface area contributed by atoms with Gasteiger partial charge in [-0.25, -0.2) is 4.79 Å². The summed E-state index contributed by atoms with van der Waals surface area (Å²) in [5.41, 5.74) is -3.01. The maximum Gasteiger partial charge on any atom is 0.330 e. The van der Waals surface area contributed by atoms with Crippen molar-refractivity contribution in [2.24, 2.45) is 0 Å². The second kappa shape index (κ2) is 4.51. The number of ether oxygens (including phenoxy) is 3. The largest absolute Gasteiger partial charge is 0.394 e. The van der Waals surface area contributed by atoms with E-state index in [4.69, 9.17) is 18.3 Å². The first-order valence-electron chi connectivity index (χ1n) is 7.93. The highest BCUT2D eigenvalue weighted by atomic mass is 16.8. The molecule has 0 aliphatic carbocycles. The van der Waals surface area contributed by atoms with E-state index >= 15 is 0 Å². The lowest BCUT2D eigenvalue weighted by molar-refractivity contribution is -0.218. The Kier molecular flexibility index (Phi) is 2.39. The fraction of sp³-hybridized carbons (Fsp3) is 0.692. The lowest BCUT2D eigenvalue weighted by Gasteiger charge is -2.30. The molecule has 1 aromatic rings. The van der Waals surface area contributed by atoms with Gasteiger partial charge in [0.05, 0.1) is 10.7 Å². The number of fused-ring (bicyclic) bond motifs is 1. The van der Waals surface area contributed by atoms with Crippen molar-refractivity contribution in [3.8, 4) is 0 Å². The molecule has 0 bridgehead atoms. The second-order valence-corrected chi connectivity index (χ2v) is 5.70. The Morgan fingerprint density at radius 2 is 2.24 bits per heavy atom. The lowest BCUT2D eigenvalue weighted by Crippen LogP contribution is -2.45. The van der Waals surface area contributed by atoms with Crippen LogP contribution < -0.4 is 11.2 Å². The molecule has 8 nitrogen and oxygen atoms in total. The summed E-state index contributed by atoms with van der Waals surface area (Å²) < 4.78 is 40.7. The van der Waals surface area contributed by atoms with Gasteiger partial charge in [-0.15, -0.1) is 0 Å². The minimum atomic E-state index is -2.75. The molecule has 2 saturated heterocycles. The van der Waals surface area contributed by atoms with E-state index in [1.165, 1.54) is 0 Å². The molecule has 1 aromatic heterocycles. The van der Waals surface area contributed by atoms with Crippen molar-refractivity contribution in [1.29, 1.82) is 0 Å². The minimum Gasteiger partial charge on any atom is -0.394 e. The molecule has 2 aliphatic rings. The van der Waals surface area contributed by atoms with E-state index in [1.54, 1.807) is 20.8 Å².